The van der Waals surface area contributed by atoms with Gasteiger partial charge in [-0.1, -0.05) is 29.0 Å². The second-order valence-electron chi connectivity index (χ2n) is 7.09. The summed E-state index contributed by atoms with van der Waals surface area (Å²) < 4.78 is 2.73. The summed E-state index contributed by atoms with van der Waals surface area (Å²) in [6, 6.07) is 11.1. The van der Waals surface area contributed by atoms with Crippen LogP contribution in [0.1, 0.15) is 29.5 Å². The molecule has 0 saturated heterocycles. The van der Waals surface area contributed by atoms with Gasteiger partial charge in [0.1, 0.15) is 0 Å². The van der Waals surface area contributed by atoms with Gasteiger partial charge in [0.05, 0.1) is 6.67 Å². The van der Waals surface area contributed by atoms with E-state index in [1.165, 1.54) is 40.9 Å². The van der Waals surface area contributed by atoms with Gasteiger partial charge in [-0.05, 0) is 68.2 Å². The Kier molecular flexibility index (Phi) is 5.33. The number of hydrogen-bond acceptors (Lipinski definition) is 6. The SMILES string of the molecule is Cc1ccc(Nc2nn(CN(Cc3ccncc3)C3CC3)c(=S)s2)c(C)c1. The highest BCUT2D eigenvalue weighted by Crippen LogP contribution is 2.30. The monoisotopic (exact) mass is 397 g/mol. The summed E-state index contributed by atoms with van der Waals surface area (Å²) in [4.78, 5) is 6.56. The van der Waals surface area contributed by atoms with Crippen LogP contribution in [-0.4, -0.2) is 25.7 Å². The van der Waals surface area contributed by atoms with Crippen LogP contribution in [0.15, 0.2) is 42.7 Å². The van der Waals surface area contributed by atoms with Crippen molar-refractivity contribution < 1.29 is 0 Å². The Morgan fingerprint density at radius 3 is 2.70 bits per heavy atom. The predicted octanol–water partition coefficient (Wildman–Crippen LogP) is 5.05. The third-order valence-corrected chi connectivity index (χ3v) is 5.97. The molecule has 1 N–H and O–H groups in total. The van der Waals surface area contributed by atoms with Crippen molar-refractivity contribution in [1.29, 1.82) is 0 Å². The Labute approximate surface area is 168 Å². The first-order valence-corrected chi connectivity index (χ1v) is 10.4. The Balaban J connectivity index is 1.49. The Bertz CT molecular complexity index is 976. The zero-order valence-electron chi connectivity index (χ0n) is 15.6. The van der Waals surface area contributed by atoms with Crippen LogP contribution in [0, 0.1) is 17.8 Å². The fourth-order valence-electron chi connectivity index (χ4n) is 3.14. The maximum atomic E-state index is 5.57. The summed E-state index contributed by atoms with van der Waals surface area (Å²) in [5.74, 6) is 0. The molecule has 7 heteroatoms. The number of aryl methyl sites for hydroxylation is 2. The van der Waals surface area contributed by atoms with Crippen LogP contribution in [0.25, 0.3) is 0 Å². The molecule has 0 spiro atoms. The van der Waals surface area contributed by atoms with Gasteiger partial charge in [0.15, 0.2) is 3.95 Å². The highest BCUT2D eigenvalue weighted by Gasteiger charge is 2.29. The van der Waals surface area contributed by atoms with Gasteiger partial charge in [0.25, 0.3) is 0 Å². The van der Waals surface area contributed by atoms with Crippen molar-refractivity contribution in [3.05, 3.63) is 63.4 Å². The molecule has 0 radical (unpaired) electrons. The molecule has 3 aromatic rings. The Morgan fingerprint density at radius 2 is 2.00 bits per heavy atom. The summed E-state index contributed by atoms with van der Waals surface area (Å²) in [7, 11) is 0. The first kappa shape index (κ1) is 18.3. The van der Waals surface area contributed by atoms with E-state index in [9.17, 15) is 0 Å². The van der Waals surface area contributed by atoms with Crippen LogP contribution in [-0.2, 0) is 13.2 Å². The van der Waals surface area contributed by atoms with E-state index in [1.54, 1.807) is 0 Å². The van der Waals surface area contributed by atoms with Gasteiger partial charge in [-0.2, -0.15) is 0 Å². The molecule has 0 unspecified atom stereocenters. The lowest BCUT2D eigenvalue weighted by Crippen LogP contribution is -2.28. The summed E-state index contributed by atoms with van der Waals surface area (Å²) in [6.45, 7) is 5.82. The van der Waals surface area contributed by atoms with Crippen molar-refractivity contribution in [2.45, 2.75) is 45.9 Å². The number of benzene rings is 1. The minimum absolute atomic E-state index is 0.623. The van der Waals surface area contributed by atoms with Gasteiger partial charge in [-0.25, -0.2) is 4.68 Å². The molecule has 0 aliphatic heterocycles. The van der Waals surface area contributed by atoms with Gasteiger partial charge in [0.2, 0.25) is 5.13 Å². The maximum Gasteiger partial charge on any atom is 0.209 e. The maximum absolute atomic E-state index is 5.57. The fraction of sp³-hybridized carbons (Fsp3) is 0.350. The molecule has 4 rings (SSSR count). The van der Waals surface area contributed by atoms with Gasteiger partial charge in [-0.3, -0.25) is 9.88 Å². The number of nitrogens with one attached hydrogen (secondary N) is 1. The van der Waals surface area contributed by atoms with Gasteiger partial charge < -0.3 is 5.32 Å². The second-order valence-corrected chi connectivity index (χ2v) is 8.71. The topological polar surface area (TPSA) is 46.0 Å². The fourth-order valence-corrected chi connectivity index (χ4v) is 4.15. The standard InChI is InChI=1S/C20H23N5S2/c1-14-3-6-18(15(2)11-14)22-19-23-25(20(26)27-19)13-24(17-4-5-17)12-16-7-9-21-10-8-16/h3,6-11,17H,4-5,12-13H2,1-2H3,(H,22,23). The minimum atomic E-state index is 0.623. The van der Waals surface area contributed by atoms with Crippen molar-refractivity contribution in [3.8, 4) is 0 Å². The molecule has 1 fully saturated rings. The number of pyridine rings is 1. The Morgan fingerprint density at radius 1 is 1.22 bits per heavy atom. The number of aromatic nitrogens is 3. The molecule has 140 valence electrons. The largest absolute Gasteiger partial charge is 0.330 e. The molecule has 1 saturated carbocycles. The van der Waals surface area contributed by atoms with E-state index < -0.39 is 0 Å². The van der Waals surface area contributed by atoms with Crippen LogP contribution in [0.2, 0.25) is 0 Å². The molecule has 2 aromatic heterocycles. The predicted molar refractivity (Wildman–Crippen MR) is 113 cm³/mol. The van der Waals surface area contributed by atoms with Crippen molar-refractivity contribution in [2.24, 2.45) is 0 Å². The van der Waals surface area contributed by atoms with E-state index in [1.807, 2.05) is 17.1 Å². The second kappa shape index (κ2) is 7.88. The average molecular weight is 398 g/mol. The lowest BCUT2D eigenvalue weighted by molar-refractivity contribution is 0.187. The highest BCUT2D eigenvalue weighted by atomic mass is 32.1. The highest BCUT2D eigenvalue weighted by molar-refractivity contribution is 7.73. The molecule has 1 aromatic carbocycles. The molecular weight excluding hydrogens is 374 g/mol. The van der Waals surface area contributed by atoms with Crippen molar-refractivity contribution in [3.63, 3.8) is 0 Å². The summed E-state index contributed by atoms with van der Waals surface area (Å²) in [6.07, 6.45) is 6.19. The van der Waals surface area contributed by atoms with Crippen LogP contribution >= 0.6 is 23.6 Å². The first-order valence-electron chi connectivity index (χ1n) is 9.13. The van der Waals surface area contributed by atoms with Gasteiger partial charge in [0, 0.05) is 30.7 Å². The number of anilines is 2. The summed E-state index contributed by atoms with van der Waals surface area (Å²) in [5, 5.41) is 8.99. The molecular formula is C20H23N5S2. The molecule has 0 amide bonds. The van der Waals surface area contributed by atoms with Crippen LogP contribution in [0.4, 0.5) is 10.8 Å². The van der Waals surface area contributed by atoms with E-state index in [0.717, 1.165) is 28.0 Å². The van der Waals surface area contributed by atoms with E-state index >= 15 is 0 Å². The van der Waals surface area contributed by atoms with E-state index in [0.29, 0.717) is 6.04 Å². The third-order valence-electron chi connectivity index (χ3n) is 4.74. The van der Waals surface area contributed by atoms with Crippen molar-refractivity contribution in [1.82, 2.24) is 19.7 Å². The molecule has 0 atom stereocenters. The molecule has 27 heavy (non-hydrogen) atoms. The van der Waals surface area contributed by atoms with Crippen LogP contribution < -0.4 is 5.32 Å². The van der Waals surface area contributed by atoms with E-state index in [2.05, 4.69) is 59.4 Å². The molecule has 2 heterocycles. The van der Waals surface area contributed by atoms with Crippen molar-refractivity contribution in [2.75, 3.05) is 5.32 Å². The summed E-state index contributed by atoms with van der Waals surface area (Å²) >= 11 is 7.10. The van der Waals surface area contributed by atoms with E-state index in [-0.39, 0.29) is 0 Å². The molecule has 1 aliphatic rings. The minimum Gasteiger partial charge on any atom is -0.330 e. The molecule has 0 bridgehead atoms. The van der Waals surface area contributed by atoms with Crippen LogP contribution in [0.5, 0.6) is 0 Å². The van der Waals surface area contributed by atoms with Gasteiger partial charge >= 0.3 is 0 Å². The quantitative estimate of drug-likeness (QED) is 0.565. The number of hydrogen-bond donors (Lipinski definition) is 1. The number of rotatable bonds is 7. The van der Waals surface area contributed by atoms with Crippen LogP contribution in [0.3, 0.4) is 0 Å². The zero-order valence-corrected chi connectivity index (χ0v) is 17.2. The van der Waals surface area contributed by atoms with E-state index in [4.69, 9.17) is 17.3 Å². The molecule has 5 nitrogen and oxygen atoms in total. The molecule has 1 aliphatic carbocycles. The summed E-state index contributed by atoms with van der Waals surface area (Å²) in [5.41, 5.74) is 4.81. The normalized spacial score (nSPS) is 13.9. The van der Waals surface area contributed by atoms with Crippen molar-refractivity contribution >= 4 is 34.4 Å². The average Bonchev–Trinajstić information content (AvgIpc) is 3.43. The number of nitrogens with zero attached hydrogens (tertiary/aromatic N) is 4. The smallest absolute Gasteiger partial charge is 0.209 e. The first-order chi connectivity index (χ1) is 13.1. The Hall–Kier alpha value is -2.09. The third kappa shape index (κ3) is 4.61. The van der Waals surface area contributed by atoms with Gasteiger partial charge in [-0.15, -0.1) is 5.10 Å². The lowest BCUT2D eigenvalue weighted by atomic mass is 10.1. The lowest BCUT2D eigenvalue weighted by Gasteiger charge is -2.21. The zero-order chi connectivity index (χ0) is 18.8.